The Labute approximate surface area is 102 Å². The van der Waals surface area contributed by atoms with Crippen molar-refractivity contribution in [2.75, 3.05) is 0 Å². The zero-order valence-corrected chi connectivity index (χ0v) is 10.5. The van der Waals surface area contributed by atoms with E-state index in [0.717, 1.165) is 12.0 Å². The van der Waals surface area contributed by atoms with Crippen LogP contribution >= 0.6 is 11.6 Å². The van der Waals surface area contributed by atoms with Crippen LogP contribution in [0.2, 0.25) is 0 Å². The number of halogens is 1. The molecule has 0 aliphatic heterocycles. The number of rotatable bonds is 3. The van der Waals surface area contributed by atoms with Crippen molar-refractivity contribution in [3.05, 3.63) is 35.1 Å². The highest BCUT2D eigenvalue weighted by Crippen LogP contribution is 2.37. The standard InChI is InChI=1S/C13H15ClN2/c1-4-13(2,3)12(14)11(9-15)10-5-7-16-8-6-10/h5-8H,4H2,1-3H3/b12-11+. The molecule has 1 rings (SSSR count). The molecule has 2 nitrogen and oxygen atoms in total. The van der Waals surface area contributed by atoms with E-state index in [4.69, 9.17) is 11.6 Å². The Kier molecular flexibility index (Phi) is 4.09. The van der Waals surface area contributed by atoms with Crippen LogP contribution in [0.25, 0.3) is 5.57 Å². The van der Waals surface area contributed by atoms with E-state index in [1.165, 1.54) is 0 Å². The van der Waals surface area contributed by atoms with Gasteiger partial charge in [-0.15, -0.1) is 0 Å². The van der Waals surface area contributed by atoms with Gasteiger partial charge in [-0.3, -0.25) is 4.98 Å². The summed E-state index contributed by atoms with van der Waals surface area (Å²) in [6, 6.07) is 5.78. The first kappa shape index (κ1) is 12.7. The van der Waals surface area contributed by atoms with Crippen molar-refractivity contribution in [2.24, 2.45) is 5.41 Å². The van der Waals surface area contributed by atoms with Gasteiger partial charge in [-0.1, -0.05) is 32.4 Å². The molecule has 1 aromatic heterocycles. The first-order valence-corrected chi connectivity index (χ1v) is 5.61. The molecular formula is C13H15ClN2. The van der Waals surface area contributed by atoms with Crippen LogP contribution in [0.3, 0.4) is 0 Å². The Morgan fingerprint density at radius 3 is 2.44 bits per heavy atom. The molecule has 0 fully saturated rings. The average molecular weight is 235 g/mol. The molecule has 0 atom stereocenters. The minimum Gasteiger partial charge on any atom is -0.265 e. The summed E-state index contributed by atoms with van der Waals surface area (Å²) in [5, 5.41) is 9.81. The van der Waals surface area contributed by atoms with Gasteiger partial charge >= 0.3 is 0 Å². The summed E-state index contributed by atoms with van der Waals surface area (Å²) in [4.78, 5) is 3.93. The molecule has 0 unspecified atom stereocenters. The molecule has 1 heterocycles. The lowest BCUT2D eigenvalue weighted by molar-refractivity contribution is 0.452. The quantitative estimate of drug-likeness (QED) is 0.742. The summed E-state index contributed by atoms with van der Waals surface area (Å²) in [6.07, 6.45) is 4.22. The second-order valence-electron chi connectivity index (χ2n) is 4.27. The fraction of sp³-hybridized carbons (Fsp3) is 0.385. The fourth-order valence-corrected chi connectivity index (χ4v) is 1.54. The van der Waals surface area contributed by atoms with Gasteiger partial charge in [0, 0.05) is 22.8 Å². The lowest BCUT2D eigenvalue weighted by Gasteiger charge is -2.23. The van der Waals surface area contributed by atoms with E-state index in [1.807, 2.05) is 13.8 Å². The van der Waals surface area contributed by atoms with E-state index in [1.54, 1.807) is 24.5 Å². The highest BCUT2D eigenvalue weighted by molar-refractivity contribution is 6.34. The number of hydrogen-bond acceptors (Lipinski definition) is 2. The normalized spacial score (nSPS) is 12.9. The molecule has 0 saturated heterocycles. The SMILES string of the molecule is CCC(C)(C)/C(Cl)=C(/C#N)c1ccncc1. The third-order valence-corrected chi connectivity index (χ3v) is 3.48. The van der Waals surface area contributed by atoms with E-state index in [-0.39, 0.29) is 5.41 Å². The zero-order chi connectivity index (χ0) is 12.2. The van der Waals surface area contributed by atoms with Gasteiger partial charge in [0.1, 0.15) is 6.07 Å². The van der Waals surface area contributed by atoms with Crippen LogP contribution in [0.4, 0.5) is 0 Å². The molecule has 0 aliphatic carbocycles. The summed E-state index contributed by atoms with van der Waals surface area (Å²) < 4.78 is 0. The molecule has 0 spiro atoms. The molecule has 0 amide bonds. The predicted molar refractivity (Wildman–Crippen MR) is 66.7 cm³/mol. The number of hydrogen-bond donors (Lipinski definition) is 0. The number of pyridine rings is 1. The van der Waals surface area contributed by atoms with E-state index in [0.29, 0.717) is 10.6 Å². The molecule has 1 aromatic rings. The van der Waals surface area contributed by atoms with Crippen LogP contribution in [-0.2, 0) is 0 Å². The van der Waals surface area contributed by atoms with Gasteiger partial charge in [-0.2, -0.15) is 5.26 Å². The van der Waals surface area contributed by atoms with E-state index in [9.17, 15) is 5.26 Å². The summed E-state index contributed by atoms with van der Waals surface area (Å²) in [6.45, 7) is 6.13. The molecule has 0 N–H and O–H groups in total. The van der Waals surface area contributed by atoms with Gasteiger partial charge < -0.3 is 0 Å². The molecule has 0 aromatic carbocycles. The lowest BCUT2D eigenvalue weighted by atomic mass is 9.86. The van der Waals surface area contributed by atoms with Crippen LogP contribution in [0, 0.1) is 16.7 Å². The van der Waals surface area contributed by atoms with Crippen LogP contribution < -0.4 is 0 Å². The van der Waals surface area contributed by atoms with Crippen LogP contribution in [0.1, 0.15) is 32.8 Å². The molecular weight excluding hydrogens is 220 g/mol. The maximum atomic E-state index is 9.20. The molecule has 0 bridgehead atoms. The van der Waals surface area contributed by atoms with Crippen molar-refractivity contribution in [3.8, 4) is 6.07 Å². The fourth-order valence-electron chi connectivity index (χ4n) is 1.25. The number of aromatic nitrogens is 1. The van der Waals surface area contributed by atoms with Gasteiger partial charge in [-0.05, 0) is 24.1 Å². The molecule has 84 valence electrons. The molecule has 0 saturated carbocycles. The summed E-state index contributed by atoms with van der Waals surface area (Å²) in [5.41, 5.74) is 1.19. The molecule has 0 radical (unpaired) electrons. The average Bonchev–Trinajstić information content (AvgIpc) is 2.31. The third-order valence-electron chi connectivity index (χ3n) is 2.78. The Balaban J connectivity index is 3.28. The smallest absolute Gasteiger partial charge is 0.101 e. The first-order valence-electron chi connectivity index (χ1n) is 5.23. The minimum absolute atomic E-state index is 0.171. The lowest BCUT2D eigenvalue weighted by Crippen LogP contribution is -2.11. The van der Waals surface area contributed by atoms with Gasteiger partial charge in [0.25, 0.3) is 0 Å². The summed E-state index contributed by atoms with van der Waals surface area (Å²) in [7, 11) is 0. The molecule has 3 heteroatoms. The maximum absolute atomic E-state index is 9.20. The van der Waals surface area contributed by atoms with Gasteiger partial charge in [-0.25, -0.2) is 0 Å². The van der Waals surface area contributed by atoms with Crippen molar-refractivity contribution in [3.63, 3.8) is 0 Å². The van der Waals surface area contributed by atoms with Gasteiger partial charge in [0.2, 0.25) is 0 Å². The Morgan fingerprint density at radius 2 is 2.00 bits per heavy atom. The number of allylic oxidation sites excluding steroid dienone is 2. The first-order chi connectivity index (χ1) is 7.53. The summed E-state index contributed by atoms with van der Waals surface area (Å²) >= 11 is 6.31. The van der Waals surface area contributed by atoms with Crippen LogP contribution in [-0.4, -0.2) is 4.98 Å². The van der Waals surface area contributed by atoms with Crippen LogP contribution in [0.5, 0.6) is 0 Å². The topological polar surface area (TPSA) is 36.7 Å². The second-order valence-corrected chi connectivity index (χ2v) is 4.65. The van der Waals surface area contributed by atoms with Crippen molar-refractivity contribution >= 4 is 17.2 Å². The Bertz CT molecular complexity index is 427. The van der Waals surface area contributed by atoms with E-state index in [2.05, 4.69) is 18.0 Å². The highest BCUT2D eigenvalue weighted by atomic mass is 35.5. The largest absolute Gasteiger partial charge is 0.265 e. The van der Waals surface area contributed by atoms with Crippen molar-refractivity contribution < 1.29 is 0 Å². The van der Waals surface area contributed by atoms with E-state index >= 15 is 0 Å². The Hall–Kier alpha value is -1.33. The zero-order valence-electron chi connectivity index (χ0n) is 9.79. The minimum atomic E-state index is -0.171. The van der Waals surface area contributed by atoms with Crippen molar-refractivity contribution in [1.29, 1.82) is 5.26 Å². The third kappa shape index (κ3) is 2.62. The van der Waals surface area contributed by atoms with Crippen LogP contribution in [0.15, 0.2) is 29.6 Å². The molecule has 16 heavy (non-hydrogen) atoms. The number of nitriles is 1. The summed E-state index contributed by atoms with van der Waals surface area (Å²) in [5.74, 6) is 0. The van der Waals surface area contributed by atoms with Crippen molar-refractivity contribution in [1.82, 2.24) is 4.98 Å². The Morgan fingerprint density at radius 1 is 1.44 bits per heavy atom. The van der Waals surface area contributed by atoms with Crippen molar-refractivity contribution in [2.45, 2.75) is 27.2 Å². The van der Waals surface area contributed by atoms with Gasteiger partial charge in [0.05, 0.1) is 5.57 Å². The molecule has 0 aliphatic rings. The predicted octanol–water partition coefficient (Wildman–Crippen LogP) is 3.99. The second kappa shape index (κ2) is 5.14. The maximum Gasteiger partial charge on any atom is 0.101 e. The highest BCUT2D eigenvalue weighted by Gasteiger charge is 2.23. The van der Waals surface area contributed by atoms with E-state index < -0.39 is 0 Å². The monoisotopic (exact) mass is 234 g/mol. The van der Waals surface area contributed by atoms with Gasteiger partial charge in [0.15, 0.2) is 0 Å². The number of nitrogens with zero attached hydrogens (tertiary/aromatic N) is 2.